The summed E-state index contributed by atoms with van der Waals surface area (Å²) in [6.07, 6.45) is 5.92. The number of nitrogens with zero attached hydrogens (tertiary/aromatic N) is 2. The van der Waals surface area contributed by atoms with Crippen LogP contribution in [0.5, 0.6) is 46.0 Å². The topological polar surface area (TPSA) is 126 Å². The van der Waals surface area contributed by atoms with Gasteiger partial charge in [-0.2, -0.15) is 0 Å². The molecule has 0 saturated heterocycles. The Morgan fingerprint density at radius 1 is 0.523 bits per heavy atom. The summed E-state index contributed by atoms with van der Waals surface area (Å²) >= 11 is 0. The minimum absolute atomic E-state index is 0.0711. The zero-order valence-electron chi connectivity index (χ0n) is 39.7. The number of hydrogen-bond donors (Lipinski definition) is 0. The summed E-state index contributed by atoms with van der Waals surface area (Å²) in [6, 6.07) is 20.4. The average molecular weight is 899 g/mol. The lowest BCUT2D eigenvalue weighted by atomic mass is 9.85. The van der Waals surface area contributed by atoms with Crippen molar-refractivity contribution < 1.29 is 65.9 Å². The molecule has 14 nitrogen and oxygen atoms in total. The standard InChI is InChI=1S/C51H66N2O12/c1-52(23-19-35-29-45(60-7)47(62-9)32-38(35)40(52)27-34-13-15-41(56-3)43(28-34)58-5)21-11-25-64-49(54)17-18-50(55)65-26-12-22-53(2)24-20-36-30-46(61-8)48(63-10)33-39(36)51(53)37-14-16-42(57-4)44(31-37)59-6/h13-18,28-33,40,51H,11-12,19-27H2,1-10H3/q+2/b18-17+. The first kappa shape index (κ1) is 48.3. The van der Waals surface area contributed by atoms with Crippen LogP contribution in [0.3, 0.4) is 0 Å². The zero-order valence-corrected chi connectivity index (χ0v) is 39.7. The molecule has 14 heteroatoms. The van der Waals surface area contributed by atoms with Gasteiger partial charge in [0.15, 0.2) is 46.0 Å². The van der Waals surface area contributed by atoms with Gasteiger partial charge >= 0.3 is 11.9 Å². The highest BCUT2D eigenvalue weighted by Crippen LogP contribution is 2.46. The monoisotopic (exact) mass is 898 g/mol. The molecule has 350 valence electrons. The van der Waals surface area contributed by atoms with Gasteiger partial charge in [-0.05, 0) is 71.3 Å². The van der Waals surface area contributed by atoms with Gasteiger partial charge in [-0.3, -0.25) is 0 Å². The predicted octanol–water partition coefficient (Wildman–Crippen LogP) is 7.26. The van der Waals surface area contributed by atoms with E-state index in [4.69, 9.17) is 47.4 Å². The molecule has 0 aromatic heterocycles. The zero-order chi connectivity index (χ0) is 46.7. The molecule has 2 aliphatic rings. The molecule has 0 spiro atoms. The lowest BCUT2D eigenvalue weighted by molar-refractivity contribution is -0.941. The van der Waals surface area contributed by atoms with E-state index in [1.807, 2.05) is 24.3 Å². The van der Waals surface area contributed by atoms with Crippen LogP contribution in [0.4, 0.5) is 0 Å². The van der Waals surface area contributed by atoms with Crippen molar-refractivity contribution in [3.63, 3.8) is 0 Å². The van der Waals surface area contributed by atoms with Crippen molar-refractivity contribution in [1.82, 2.24) is 0 Å². The van der Waals surface area contributed by atoms with E-state index in [-0.39, 0.29) is 25.3 Å². The molecule has 0 amide bonds. The molecule has 65 heavy (non-hydrogen) atoms. The summed E-state index contributed by atoms with van der Waals surface area (Å²) in [7, 11) is 17.6. The summed E-state index contributed by atoms with van der Waals surface area (Å²) in [5.41, 5.74) is 6.91. The molecule has 0 N–H and O–H groups in total. The van der Waals surface area contributed by atoms with Gasteiger partial charge in [0.1, 0.15) is 12.1 Å². The van der Waals surface area contributed by atoms with Gasteiger partial charge in [0.25, 0.3) is 0 Å². The normalized spacial score (nSPS) is 19.9. The van der Waals surface area contributed by atoms with E-state index in [0.29, 0.717) is 69.9 Å². The molecule has 4 aromatic rings. The number of likely N-dealkylation sites (N-methyl/N-ethyl adjacent to an activating group) is 2. The number of ether oxygens (including phenoxy) is 10. The molecule has 0 bridgehead atoms. The van der Waals surface area contributed by atoms with Crippen LogP contribution in [0.2, 0.25) is 0 Å². The molecule has 0 saturated carbocycles. The van der Waals surface area contributed by atoms with Crippen molar-refractivity contribution in [3.8, 4) is 46.0 Å². The minimum atomic E-state index is -0.600. The first-order chi connectivity index (χ1) is 31.4. The number of hydrogen-bond acceptors (Lipinski definition) is 12. The highest BCUT2D eigenvalue weighted by Gasteiger charge is 2.42. The second kappa shape index (κ2) is 21.7. The molecule has 4 aromatic carbocycles. The summed E-state index contributed by atoms with van der Waals surface area (Å²) in [6.45, 7) is 3.58. The molecular formula is C51H66N2O12+2. The number of benzene rings is 4. The molecule has 0 fully saturated rings. The Kier molecular flexibility index (Phi) is 16.1. The van der Waals surface area contributed by atoms with Gasteiger partial charge in [-0.1, -0.05) is 6.07 Å². The van der Waals surface area contributed by atoms with Crippen molar-refractivity contribution >= 4 is 11.9 Å². The van der Waals surface area contributed by atoms with Crippen LogP contribution in [-0.2, 0) is 38.3 Å². The summed E-state index contributed by atoms with van der Waals surface area (Å²) in [4.78, 5) is 25.6. The molecule has 2 heterocycles. The third-order valence-corrected chi connectivity index (χ3v) is 13.2. The Morgan fingerprint density at radius 2 is 0.954 bits per heavy atom. The lowest BCUT2D eigenvalue weighted by Gasteiger charge is -2.46. The maximum Gasteiger partial charge on any atom is 0.331 e. The summed E-state index contributed by atoms with van der Waals surface area (Å²) in [5.74, 6) is 4.19. The quantitative estimate of drug-likeness (QED) is 0.0362. The number of esters is 2. The Labute approximate surface area is 383 Å². The van der Waals surface area contributed by atoms with Crippen molar-refractivity contribution in [2.75, 3.05) is 110 Å². The van der Waals surface area contributed by atoms with E-state index >= 15 is 0 Å². The highest BCUT2D eigenvalue weighted by molar-refractivity contribution is 5.91. The fourth-order valence-corrected chi connectivity index (χ4v) is 9.64. The molecule has 0 aliphatic carbocycles. The number of carbonyl (C=O) groups excluding carboxylic acids is 2. The van der Waals surface area contributed by atoms with Crippen molar-refractivity contribution in [3.05, 3.63) is 106 Å². The SMILES string of the molecule is COc1ccc(CC2c3cc(OC)c(OC)cc3CC[N+]2(C)CCCOC(=O)/C=C/C(=O)OCCC[N+]2(C)CCc3cc(OC)c(OC)cc3C2c2ccc(OC)c(OC)c2)cc1OC. The number of methoxy groups -OCH3 is 8. The van der Waals surface area contributed by atoms with Crippen LogP contribution in [0.15, 0.2) is 72.8 Å². The van der Waals surface area contributed by atoms with E-state index < -0.39 is 11.9 Å². The number of fused-ring (bicyclic) bond motifs is 2. The fourth-order valence-electron chi connectivity index (χ4n) is 9.64. The van der Waals surface area contributed by atoms with Crippen LogP contribution in [0, 0.1) is 0 Å². The fraction of sp³-hybridized carbons (Fsp3) is 0.451. The maximum atomic E-state index is 12.8. The molecule has 0 radical (unpaired) electrons. The van der Waals surface area contributed by atoms with E-state index in [0.717, 1.165) is 72.2 Å². The third kappa shape index (κ3) is 10.9. The Hall–Kier alpha value is -6.12. The number of carbonyl (C=O) groups is 2. The lowest BCUT2D eigenvalue weighted by Crippen LogP contribution is -2.52. The number of rotatable bonds is 21. The van der Waals surface area contributed by atoms with E-state index in [1.54, 1.807) is 56.9 Å². The van der Waals surface area contributed by atoms with E-state index in [2.05, 4.69) is 50.5 Å². The molecule has 4 unspecified atom stereocenters. The van der Waals surface area contributed by atoms with E-state index in [9.17, 15) is 9.59 Å². The third-order valence-electron chi connectivity index (χ3n) is 13.2. The van der Waals surface area contributed by atoms with Gasteiger partial charge < -0.3 is 56.3 Å². The Balaban J connectivity index is 1.05. The van der Waals surface area contributed by atoms with Gasteiger partial charge in [0.2, 0.25) is 0 Å². The highest BCUT2D eigenvalue weighted by atomic mass is 16.5. The van der Waals surface area contributed by atoms with Gasteiger partial charge in [-0.15, -0.1) is 0 Å². The molecule has 2 aliphatic heterocycles. The van der Waals surface area contributed by atoms with E-state index in [1.165, 1.54) is 16.7 Å². The second-order valence-electron chi connectivity index (χ2n) is 17.0. The Morgan fingerprint density at radius 3 is 1.49 bits per heavy atom. The molecular weight excluding hydrogens is 833 g/mol. The predicted molar refractivity (Wildman–Crippen MR) is 246 cm³/mol. The van der Waals surface area contributed by atoms with Gasteiger partial charge in [0, 0.05) is 60.9 Å². The maximum absolute atomic E-state index is 12.8. The van der Waals surface area contributed by atoms with Gasteiger partial charge in [-0.25, -0.2) is 9.59 Å². The first-order valence-corrected chi connectivity index (χ1v) is 22.0. The van der Waals surface area contributed by atoms with Gasteiger partial charge in [0.05, 0.1) is 110 Å². The summed E-state index contributed by atoms with van der Waals surface area (Å²) in [5, 5.41) is 0. The summed E-state index contributed by atoms with van der Waals surface area (Å²) < 4.78 is 57.7. The van der Waals surface area contributed by atoms with Crippen molar-refractivity contribution in [1.29, 1.82) is 0 Å². The molecule has 6 rings (SSSR count). The minimum Gasteiger partial charge on any atom is -0.493 e. The first-order valence-electron chi connectivity index (χ1n) is 22.0. The second-order valence-corrected chi connectivity index (χ2v) is 17.0. The van der Waals surface area contributed by atoms with Crippen LogP contribution in [0.25, 0.3) is 0 Å². The van der Waals surface area contributed by atoms with Crippen LogP contribution < -0.4 is 37.9 Å². The van der Waals surface area contributed by atoms with Crippen molar-refractivity contribution in [2.45, 2.75) is 44.2 Å². The average Bonchev–Trinajstić information content (AvgIpc) is 3.33. The van der Waals surface area contributed by atoms with Crippen LogP contribution >= 0.6 is 0 Å². The van der Waals surface area contributed by atoms with Crippen LogP contribution in [-0.4, -0.2) is 131 Å². The number of quaternary nitrogens is 2. The Bertz CT molecular complexity index is 2330. The largest absolute Gasteiger partial charge is 0.493 e. The van der Waals surface area contributed by atoms with Crippen molar-refractivity contribution in [2.24, 2.45) is 0 Å². The smallest absolute Gasteiger partial charge is 0.331 e. The molecule has 4 atom stereocenters. The van der Waals surface area contributed by atoms with Crippen LogP contribution in [0.1, 0.15) is 58.3 Å².